The second-order valence-corrected chi connectivity index (χ2v) is 8.32. The molecule has 1 fully saturated rings. The van der Waals surface area contributed by atoms with E-state index in [-0.39, 0.29) is 28.0 Å². The first-order chi connectivity index (χ1) is 12.3. The smallest absolute Gasteiger partial charge is 0.231 e. The Hall–Kier alpha value is -2.45. The van der Waals surface area contributed by atoms with E-state index >= 15 is 0 Å². The van der Waals surface area contributed by atoms with E-state index in [0.29, 0.717) is 18.7 Å². The van der Waals surface area contributed by atoms with Gasteiger partial charge < -0.3 is 10.8 Å². The van der Waals surface area contributed by atoms with Crippen LogP contribution in [0.5, 0.6) is 5.75 Å². The van der Waals surface area contributed by atoms with Crippen LogP contribution in [-0.4, -0.2) is 44.0 Å². The van der Waals surface area contributed by atoms with Gasteiger partial charge in [-0.3, -0.25) is 9.69 Å². The number of primary amides is 1. The van der Waals surface area contributed by atoms with E-state index in [0.717, 1.165) is 18.6 Å². The predicted octanol–water partition coefficient (Wildman–Crippen LogP) is 1.64. The highest BCUT2D eigenvalue weighted by atomic mass is 32.2. The molecule has 8 heteroatoms. The third-order valence-corrected chi connectivity index (χ3v) is 6.26. The molecule has 1 atom stereocenters. The topological polar surface area (TPSA) is 101 Å². The Bertz CT molecular complexity index is 946. The standard InChI is InChI=1S/C18H19FN2O4S/c19-13-2-1-3-14(8-13)26(24,25)15-4-5-16(17(22)9-15)12-6-7-21(10-12)11-18(20)23/h1-5,8-9,12,22H,6-7,10-11H2,(H2,20,23)/t12-/m1/s1. The molecule has 0 unspecified atom stereocenters. The lowest BCUT2D eigenvalue weighted by Crippen LogP contribution is -2.31. The fourth-order valence-electron chi connectivity index (χ4n) is 3.26. The number of amides is 1. The third-order valence-electron chi connectivity index (χ3n) is 4.51. The van der Waals surface area contributed by atoms with Gasteiger partial charge in [0.15, 0.2) is 0 Å². The zero-order chi connectivity index (χ0) is 18.9. The van der Waals surface area contributed by atoms with Crippen LogP contribution < -0.4 is 5.73 Å². The highest BCUT2D eigenvalue weighted by Crippen LogP contribution is 2.35. The van der Waals surface area contributed by atoms with Gasteiger partial charge in [-0.1, -0.05) is 12.1 Å². The fraction of sp³-hybridized carbons (Fsp3) is 0.278. The molecule has 1 saturated heterocycles. The van der Waals surface area contributed by atoms with Gasteiger partial charge in [-0.25, -0.2) is 12.8 Å². The lowest BCUT2D eigenvalue weighted by Gasteiger charge is -2.15. The second kappa shape index (κ2) is 7.05. The monoisotopic (exact) mass is 378 g/mol. The van der Waals surface area contributed by atoms with E-state index in [2.05, 4.69) is 0 Å². The zero-order valence-corrected chi connectivity index (χ0v) is 14.7. The maximum Gasteiger partial charge on any atom is 0.231 e. The summed E-state index contributed by atoms with van der Waals surface area (Å²) in [5, 5.41) is 10.3. The zero-order valence-electron chi connectivity index (χ0n) is 13.9. The quantitative estimate of drug-likeness (QED) is 0.824. The summed E-state index contributed by atoms with van der Waals surface area (Å²) in [6.07, 6.45) is 0.733. The van der Waals surface area contributed by atoms with E-state index in [9.17, 15) is 22.7 Å². The van der Waals surface area contributed by atoms with Gasteiger partial charge in [0.05, 0.1) is 16.3 Å². The number of halogens is 1. The first-order valence-corrected chi connectivity index (χ1v) is 9.60. The van der Waals surface area contributed by atoms with Crippen LogP contribution in [0.3, 0.4) is 0 Å². The van der Waals surface area contributed by atoms with Crippen molar-refractivity contribution in [2.45, 2.75) is 22.1 Å². The molecule has 138 valence electrons. The van der Waals surface area contributed by atoms with Crippen LogP contribution in [-0.2, 0) is 14.6 Å². The van der Waals surface area contributed by atoms with Crippen LogP contribution >= 0.6 is 0 Å². The molecule has 1 aliphatic heterocycles. The summed E-state index contributed by atoms with van der Waals surface area (Å²) in [6.45, 7) is 1.40. The maximum atomic E-state index is 13.3. The molecule has 2 aromatic carbocycles. The lowest BCUT2D eigenvalue weighted by atomic mass is 9.97. The molecule has 26 heavy (non-hydrogen) atoms. The van der Waals surface area contributed by atoms with Crippen molar-refractivity contribution >= 4 is 15.7 Å². The minimum Gasteiger partial charge on any atom is -0.508 e. The molecule has 0 spiro atoms. The largest absolute Gasteiger partial charge is 0.508 e. The molecule has 0 radical (unpaired) electrons. The summed E-state index contributed by atoms with van der Waals surface area (Å²) in [4.78, 5) is 12.6. The van der Waals surface area contributed by atoms with Crippen molar-refractivity contribution in [3.63, 3.8) is 0 Å². The van der Waals surface area contributed by atoms with Crippen molar-refractivity contribution < 1.29 is 22.7 Å². The molecule has 3 N–H and O–H groups in total. The van der Waals surface area contributed by atoms with Crippen LogP contribution in [0.1, 0.15) is 17.9 Å². The van der Waals surface area contributed by atoms with Crippen LogP contribution in [0, 0.1) is 5.82 Å². The number of hydrogen-bond donors (Lipinski definition) is 2. The number of carbonyl (C=O) groups is 1. The first kappa shape index (κ1) is 18.3. The number of nitrogens with two attached hydrogens (primary N) is 1. The van der Waals surface area contributed by atoms with Gasteiger partial charge in [-0.15, -0.1) is 0 Å². The molecule has 0 aliphatic carbocycles. The Morgan fingerprint density at radius 1 is 1.23 bits per heavy atom. The summed E-state index contributed by atoms with van der Waals surface area (Å²) in [7, 11) is -3.92. The second-order valence-electron chi connectivity index (χ2n) is 6.37. The number of phenols is 1. The summed E-state index contributed by atoms with van der Waals surface area (Å²) in [5.41, 5.74) is 5.82. The number of benzene rings is 2. The number of sulfone groups is 1. The molecule has 0 aromatic heterocycles. The molecule has 1 aliphatic rings. The Morgan fingerprint density at radius 3 is 2.62 bits per heavy atom. The molecule has 1 heterocycles. The van der Waals surface area contributed by atoms with Crippen LogP contribution in [0.2, 0.25) is 0 Å². The number of nitrogens with zero attached hydrogens (tertiary/aromatic N) is 1. The maximum absolute atomic E-state index is 13.3. The lowest BCUT2D eigenvalue weighted by molar-refractivity contribution is -0.118. The van der Waals surface area contributed by atoms with Gasteiger partial charge in [0.1, 0.15) is 11.6 Å². The Kier molecular flexibility index (Phi) is 4.97. The molecular weight excluding hydrogens is 359 g/mol. The van der Waals surface area contributed by atoms with Crippen molar-refractivity contribution in [3.8, 4) is 5.75 Å². The normalized spacial score (nSPS) is 18.1. The van der Waals surface area contributed by atoms with Crippen molar-refractivity contribution in [2.24, 2.45) is 5.73 Å². The minimum atomic E-state index is -3.92. The molecule has 3 rings (SSSR count). The van der Waals surface area contributed by atoms with Crippen LogP contribution in [0.25, 0.3) is 0 Å². The number of aromatic hydroxyl groups is 1. The number of likely N-dealkylation sites (tertiary alicyclic amines) is 1. The van der Waals surface area contributed by atoms with Gasteiger partial charge in [-0.05, 0) is 48.9 Å². The minimum absolute atomic E-state index is 0.0136. The van der Waals surface area contributed by atoms with E-state index in [4.69, 9.17) is 5.73 Å². The van der Waals surface area contributed by atoms with Crippen molar-refractivity contribution in [1.29, 1.82) is 0 Å². The molecule has 1 amide bonds. The molecule has 0 bridgehead atoms. The van der Waals surface area contributed by atoms with E-state index in [1.54, 1.807) is 6.07 Å². The van der Waals surface area contributed by atoms with E-state index in [1.165, 1.54) is 24.3 Å². The van der Waals surface area contributed by atoms with Gasteiger partial charge in [-0.2, -0.15) is 0 Å². The van der Waals surface area contributed by atoms with E-state index in [1.807, 2.05) is 4.90 Å². The highest BCUT2D eigenvalue weighted by Gasteiger charge is 2.28. The Labute approximate surface area is 151 Å². The molecule has 6 nitrogen and oxygen atoms in total. The van der Waals surface area contributed by atoms with Gasteiger partial charge in [0, 0.05) is 12.5 Å². The highest BCUT2D eigenvalue weighted by molar-refractivity contribution is 7.91. The molecule has 0 saturated carbocycles. The Morgan fingerprint density at radius 2 is 1.96 bits per heavy atom. The predicted molar refractivity (Wildman–Crippen MR) is 93.0 cm³/mol. The first-order valence-electron chi connectivity index (χ1n) is 8.11. The van der Waals surface area contributed by atoms with Gasteiger partial charge in [0.25, 0.3) is 0 Å². The van der Waals surface area contributed by atoms with Crippen molar-refractivity contribution in [1.82, 2.24) is 4.90 Å². The number of rotatable bonds is 5. The van der Waals surface area contributed by atoms with E-state index < -0.39 is 21.6 Å². The number of phenolic OH excluding ortho intramolecular Hbond substituents is 1. The summed E-state index contributed by atoms with van der Waals surface area (Å²) < 4.78 is 38.6. The summed E-state index contributed by atoms with van der Waals surface area (Å²) >= 11 is 0. The van der Waals surface area contributed by atoms with Gasteiger partial charge in [0.2, 0.25) is 15.7 Å². The Balaban J connectivity index is 1.85. The van der Waals surface area contributed by atoms with Gasteiger partial charge >= 0.3 is 0 Å². The molecule has 2 aromatic rings. The molecular formula is C18H19FN2O4S. The summed E-state index contributed by atoms with van der Waals surface area (Å²) in [5.74, 6) is -1.20. The summed E-state index contributed by atoms with van der Waals surface area (Å²) in [6, 6.07) is 8.90. The average Bonchev–Trinajstić information content (AvgIpc) is 3.02. The van der Waals surface area contributed by atoms with Crippen molar-refractivity contribution in [2.75, 3.05) is 19.6 Å². The average molecular weight is 378 g/mol. The SMILES string of the molecule is NC(=O)CN1CC[C@@H](c2ccc(S(=O)(=O)c3cccc(F)c3)cc2O)C1. The number of hydrogen-bond acceptors (Lipinski definition) is 5. The number of carbonyl (C=O) groups excluding carboxylic acids is 1. The van der Waals surface area contributed by atoms with Crippen LogP contribution in [0.15, 0.2) is 52.3 Å². The third kappa shape index (κ3) is 3.71. The fourth-order valence-corrected chi connectivity index (χ4v) is 4.57. The van der Waals surface area contributed by atoms with Crippen molar-refractivity contribution in [3.05, 3.63) is 53.8 Å². The van der Waals surface area contributed by atoms with Crippen LogP contribution in [0.4, 0.5) is 4.39 Å².